The molecular formula is C18H18BrFN2O2. The van der Waals surface area contributed by atoms with Crippen LogP contribution in [-0.4, -0.2) is 23.3 Å². The second-order valence-corrected chi connectivity index (χ2v) is 6.23. The van der Waals surface area contributed by atoms with E-state index >= 15 is 0 Å². The van der Waals surface area contributed by atoms with E-state index in [1.165, 1.54) is 13.0 Å². The third-order valence-electron chi connectivity index (χ3n) is 3.49. The molecule has 0 aliphatic carbocycles. The van der Waals surface area contributed by atoms with Crippen molar-refractivity contribution in [3.05, 3.63) is 63.9 Å². The number of nitrogens with zero attached hydrogens (tertiary/aromatic N) is 1. The summed E-state index contributed by atoms with van der Waals surface area (Å²) >= 11 is 3.31. The van der Waals surface area contributed by atoms with E-state index in [9.17, 15) is 14.0 Å². The van der Waals surface area contributed by atoms with Crippen molar-refractivity contribution in [2.75, 3.05) is 11.9 Å². The number of hydrogen-bond donors (Lipinski definition) is 1. The van der Waals surface area contributed by atoms with Crippen LogP contribution in [0.1, 0.15) is 29.8 Å². The Labute approximate surface area is 148 Å². The monoisotopic (exact) mass is 392 g/mol. The van der Waals surface area contributed by atoms with Crippen LogP contribution < -0.4 is 5.32 Å². The zero-order valence-electron chi connectivity index (χ0n) is 13.5. The van der Waals surface area contributed by atoms with Crippen molar-refractivity contribution >= 4 is 33.4 Å². The normalized spacial score (nSPS) is 10.3. The van der Waals surface area contributed by atoms with Gasteiger partial charge in [-0.15, -0.1) is 0 Å². The molecule has 24 heavy (non-hydrogen) atoms. The van der Waals surface area contributed by atoms with E-state index in [1.807, 2.05) is 6.92 Å². The average molecular weight is 393 g/mol. The molecule has 0 aliphatic heterocycles. The average Bonchev–Trinajstić information content (AvgIpc) is 2.55. The van der Waals surface area contributed by atoms with Gasteiger partial charge in [0.1, 0.15) is 5.82 Å². The van der Waals surface area contributed by atoms with Crippen LogP contribution in [0.25, 0.3) is 0 Å². The highest BCUT2D eigenvalue weighted by Gasteiger charge is 2.16. The number of anilines is 1. The van der Waals surface area contributed by atoms with E-state index in [1.54, 1.807) is 41.3 Å². The Morgan fingerprint density at radius 1 is 1.17 bits per heavy atom. The van der Waals surface area contributed by atoms with Crippen LogP contribution in [0, 0.1) is 5.82 Å². The molecule has 2 aromatic carbocycles. The number of halogens is 2. The van der Waals surface area contributed by atoms with Crippen molar-refractivity contribution in [3.8, 4) is 0 Å². The molecule has 2 rings (SSSR count). The summed E-state index contributed by atoms with van der Waals surface area (Å²) in [6.07, 6.45) is 0. The van der Waals surface area contributed by atoms with E-state index in [4.69, 9.17) is 0 Å². The lowest BCUT2D eigenvalue weighted by Crippen LogP contribution is -2.30. The van der Waals surface area contributed by atoms with Crippen LogP contribution in [0.4, 0.5) is 10.1 Å². The van der Waals surface area contributed by atoms with Crippen LogP contribution in [-0.2, 0) is 11.3 Å². The molecule has 0 fully saturated rings. The van der Waals surface area contributed by atoms with Crippen molar-refractivity contribution in [2.24, 2.45) is 0 Å². The first-order valence-corrected chi connectivity index (χ1v) is 8.31. The molecular weight excluding hydrogens is 375 g/mol. The number of amides is 2. The quantitative estimate of drug-likeness (QED) is 0.828. The molecule has 0 atom stereocenters. The summed E-state index contributed by atoms with van der Waals surface area (Å²) in [6.45, 7) is 3.91. The highest BCUT2D eigenvalue weighted by Crippen LogP contribution is 2.19. The Bertz CT molecular complexity index is 747. The van der Waals surface area contributed by atoms with E-state index < -0.39 is 0 Å². The second kappa shape index (κ2) is 8.06. The summed E-state index contributed by atoms with van der Waals surface area (Å²) in [6, 6.07) is 11.3. The maximum atomic E-state index is 13.9. The number of benzene rings is 2. The molecule has 2 aromatic rings. The van der Waals surface area contributed by atoms with Crippen LogP contribution in [0.5, 0.6) is 0 Å². The van der Waals surface area contributed by atoms with Gasteiger partial charge in [-0.25, -0.2) is 4.39 Å². The standard InChI is InChI=1S/C18H18BrFN2O2/c1-3-22(11-14-10-15(19)6-9-17(14)20)18(24)13-4-7-16(8-5-13)21-12(2)23/h4-10H,3,11H2,1-2H3,(H,21,23). The maximum Gasteiger partial charge on any atom is 0.254 e. The summed E-state index contributed by atoms with van der Waals surface area (Å²) in [7, 11) is 0. The minimum absolute atomic E-state index is 0.172. The number of carbonyl (C=O) groups excluding carboxylic acids is 2. The highest BCUT2D eigenvalue weighted by molar-refractivity contribution is 9.10. The van der Waals surface area contributed by atoms with E-state index in [0.29, 0.717) is 23.4 Å². The predicted molar refractivity (Wildman–Crippen MR) is 95.3 cm³/mol. The number of nitrogens with one attached hydrogen (secondary N) is 1. The minimum atomic E-state index is -0.342. The van der Waals surface area contributed by atoms with Crippen molar-refractivity contribution in [2.45, 2.75) is 20.4 Å². The molecule has 0 bridgehead atoms. The largest absolute Gasteiger partial charge is 0.334 e. The highest BCUT2D eigenvalue weighted by atomic mass is 79.9. The summed E-state index contributed by atoms with van der Waals surface area (Å²) in [5, 5.41) is 2.65. The summed E-state index contributed by atoms with van der Waals surface area (Å²) in [5.74, 6) is -0.703. The van der Waals surface area contributed by atoms with Gasteiger partial charge in [0.05, 0.1) is 0 Å². The number of carbonyl (C=O) groups is 2. The number of hydrogen-bond acceptors (Lipinski definition) is 2. The SMILES string of the molecule is CCN(Cc1cc(Br)ccc1F)C(=O)c1ccc(NC(C)=O)cc1. The molecule has 2 amide bonds. The molecule has 0 saturated heterocycles. The van der Waals surface area contributed by atoms with Crippen LogP contribution in [0.15, 0.2) is 46.9 Å². The lowest BCUT2D eigenvalue weighted by molar-refractivity contribution is -0.114. The smallest absolute Gasteiger partial charge is 0.254 e. The van der Waals surface area contributed by atoms with Gasteiger partial charge in [-0.05, 0) is 49.4 Å². The first-order valence-electron chi connectivity index (χ1n) is 7.51. The van der Waals surface area contributed by atoms with Crippen molar-refractivity contribution in [1.82, 2.24) is 4.90 Å². The lowest BCUT2D eigenvalue weighted by Gasteiger charge is -2.21. The Hall–Kier alpha value is -2.21. The van der Waals surface area contributed by atoms with Gasteiger partial charge in [0.25, 0.3) is 5.91 Å². The summed E-state index contributed by atoms with van der Waals surface area (Å²) in [4.78, 5) is 25.2. The van der Waals surface area contributed by atoms with Gasteiger partial charge in [-0.3, -0.25) is 9.59 Å². The van der Waals surface area contributed by atoms with Gasteiger partial charge in [0.15, 0.2) is 0 Å². The Kier molecular flexibility index (Phi) is 6.09. The Morgan fingerprint density at radius 3 is 2.42 bits per heavy atom. The van der Waals surface area contributed by atoms with Gasteiger partial charge in [0.2, 0.25) is 5.91 Å². The Balaban J connectivity index is 2.16. The van der Waals surface area contributed by atoms with Gasteiger partial charge >= 0.3 is 0 Å². The molecule has 0 aliphatic rings. The van der Waals surface area contributed by atoms with Crippen molar-refractivity contribution < 1.29 is 14.0 Å². The maximum absolute atomic E-state index is 13.9. The molecule has 4 nitrogen and oxygen atoms in total. The molecule has 126 valence electrons. The lowest BCUT2D eigenvalue weighted by atomic mass is 10.1. The van der Waals surface area contributed by atoms with Gasteiger partial charge in [0, 0.05) is 41.3 Å². The van der Waals surface area contributed by atoms with Gasteiger partial charge in [-0.1, -0.05) is 15.9 Å². The molecule has 0 saturated carbocycles. The topological polar surface area (TPSA) is 49.4 Å². The third-order valence-corrected chi connectivity index (χ3v) is 3.98. The third kappa shape index (κ3) is 4.64. The van der Waals surface area contributed by atoms with Crippen molar-refractivity contribution in [1.29, 1.82) is 0 Å². The zero-order chi connectivity index (χ0) is 17.7. The fourth-order valence-corrected chi connectivity index (χ4v) is 2.69. The molecule has 0 aromatic heterocycles. The fraction of sp³-hybridized carbons (Fsp3) is 0.222. The van der Waals surface area contributed by atoms with E-state index in [-0.39, 0.29) is 24.2 Å². The van der Waals surface area contributed by atoms with Crippen LogP contribution in [0.3, 0.4) is 0 Å². The van der Waals surface area contributed by atoms with Crippen LogP contribution >= 0.6 is 15.9 Å². The van der Waals surface area contributed by atoms with E-state index in [0.717, 1.165) is 4.47 Å². The minimum Gasteiger partial charge on any atom is -0.334 e. The molecule has 0 radical (unpaired) electrons. The van der Waals surface area contributed by atoms with Crippen LogP contribution in [0.2, 0.25) is 0 Å². The predicted octanol–water partition coefficient (Wildman–Crippen LogP) is 4.21. The first-order chi connectivity index (χ1) is 11.4. The molecule has 0 heterocycles. The molecule has 1 N–H and O–H groups in total. The van der Waals surface area contributed by atoms with Crippen molar-refractivity contribution in [3.63, 3.8) is 0 Å². The Morgan fingerprint density at radius 2 is 1.83 bits per heavy atom. The first kappa shape index (κ1) is 18.1. The molecule has 6 heteroatoms. The van der Waals surface area contributed by atoms with Gasteiger partial charge in [-0.2, -0.15) is 0 Å². The van der Waals surface area contributed by atoms with E-state index in [2.05, 4.69) is 21.2 Å². The number of rotatable bonds is 5. The zero-order valence-corrected chi connectivity index (χ0v) is 15.1. The second-order valence-electron chi connectivity index (χ2n) is 5.31. The molecule has 0 spiro atoms. The molecule has 0 unspecified atom stereocenters. The van der Waals surface area contributed by atoms with Gasteiger partial charge < -0.3 is 10.2 Å². The summed E-state index contributed by atoms with van der Waals surface area (Å²) in [5.41, 5.74) is 1.57. The summed E-state index contributed by atoms with van der Waals surface area (Å²) < 4.78 is 14.7. The fourth-order valence-electron chi connectivity index (χ4n) is 2.28.